The van der Waals surface area contributed by atoms with E-state index in [1.54, 1.807) is 12.2 Å². The van der Waals surface area contributed by atoms with Gasteiger partial charge in [0.15, 0.2) is 5.78 Å². The van der Waals surface area contributed by atoms with E-state index in [9.17, 15) is 9.90 Å². The van der Waals surface area contributed by atoms with Crippen LogP contribution in [0.2, 0.25) is 0 Å². The molecule has 1 N–H and O–H groups in total. The Kier molecular flexibility index (Phi) is 4.26. The Labute approximate surface area is 156 Å². The molecule has 4 aliphatic carbocycles. The maximum Gasteiger partial charge on any atom is 0.178 e. The number of aliphatic hydroxyl groups is 1. The highest BCUT2D eigenvalue weighted by molar-refractivity contribution is 6.01. The maximum atomic E-state index is 12.0. The van der Waals surface area contributed by atoms with Gasteiger partial charge in [0.25, 0.3) is 0 Å². The van der Waals surface area contributed by atoms with Gasteiger partial charge in [-0.1, -0.05) is 6.92 Å². The lowest BCUT2D eigenvalue weighted by atomic mass is 9.51. The van der Waals surface area contributed by atoms with E-state index in [2.05, 4.69) is 6.92 Å². The van der Waals surface area contributed by atoms with Gasteiger partial charge < -0.3 is 5.11 Å². The minimum Gasteiger partial charge on any atom is -0.393 e. The van der Waals surface area contributed by atoms with Crippen molar-refractivity contribution < 1.29 is 19.7 Å². The first-order chi connectivity index (χ1) is 12.2. The molecule has 0 radical (unpaired) electrons. The molecule has 26 heavy (non-hydrogen) atoms. The number of allylic oxidation sites excluding steroid dienone is 2. The molecule has 144 valence electrons. The van der Waals surface area contributed by atoms with Crippen molar-refractivity contribution in [3.05, 3.63) is 23.8 Å². The number of aliphatic hydroxyl groups excluding tert-OH is 1. The van der Waals surface area contributed by atoms with E-state index >= 15 is 0 Å². The van der Waals surface area contributed by atoms with Crippen LogP contribution < -0.4 is 0 Å². The van der Waals surface area contributed by atoms with Gasteiger partial charge in [-0.2, -0.15) is 0 Å². The lowest BCUT2D eigenvalue weighted by molar-refractivity contribution is -0.401. The van der Waals surface area contributed by atoms with Crippen LogP contribution in [0.4, 0.5) is 0 Å². The fraction of sp³-hybridized carbons (Fsp3) is 0.773. The summed E-state index contributed by atoms with van der Waals surface area (Å²) in [6.45, 7) is 8.22. The third-order valence-electron chi connectivity index (χ3n) is 7.43. The van der Waals surface area contributed by atoms with E-state index in [0.717, 1.165) is 44.1 Å². The van der Waals surface area contributed by atoms with Crippen molar-refractivity contribution in [2.24, 2.45) is 23.2 Å². The third kappa shape index (κ3) is 2.73. The van der Waals surface area contributed by atoms with E-state index in [1.807, 2.05) is 26.8 Å². The third-order valence-corrected chi connectivity index (χ3v) is 7.43. The Morgan fingerprint density at radius 2 is 1.92 bits per heavy atom. The monoisotopic (exact) mass is 360 g/mol. The van der Waals surface area contributed by atoms with Gasteiger partial charge in [-0.05, 0) is 100 Å². The first kappa shape index (κ1) is 18.4. The lowest BCUT2D eigenvalue weighted by Crippen LogP contribution is -2.56. The van der Waals surface area contributed by atoms with Gasteiger partial charge in [0.05, 0.1) is 11.7 Å². The summed E-state index contributed by atoms with van der Waals surface area (Å²) >= 11 is 0. The van der Waals surface area contributed by atoms with Crippen LogP contribution >= 0.6 is 0 Å². The molecule has 0 amide bonds. The molecule has 4 rings (SSSR count). The summed E-state index contributed by atoms with van der Waals surface area (Å²) in [7, 11) is 0. The van der Waals surface area contributed by atoms with Gasteiger partial charge in [0.1, 0.15) is 5.60 Å². The van der Waals surface area contributed by atoms with Crippen LogP contribution in [0.25, 0.3) is 0 Å². The minimum absolute atomic E-state index is 0.0304. The normalized spacial score (nSPS) is 45.0. The highest BCUT2D eigenvalue weighted by atomic mass is 17.2. The predicted molar refractivity (Wildman–Crippen MR) is 99.2 cm³/mol. The molecule has 0 spiro atoms. The quantitative estimate of drug-likeness (QED) is 0.594. The number of carbonyl (C=O) groups excluding carboxylic acids is 1. The molecule has 4 nitrogen and oxygen atoms in total. The number of fused-ring (bicyclic) bond motifs is 5. The number of hydrogen-bond donors (Lipinski definition) is 1. The summed E-state index contributed by atoms with van der Waals surface area (Å²) in [5, 5.41) is 10.6. The summed E-state index contributed by atoms with van der Waals surface area (Å²) in [6, 6.07) is 0. The SMILES string of the molecule is CC(C)(C)OOC12C=CC(=O)C=C1CC[C@@H]1[C@@H]2CC[C@]2(C)C(O)CC[C@@H]12. The summed E-state index contributed by atoms with van der Waals surface area (Å²) in [5.41, 5.74) is 0.0638. The Hall–Kier alpha value is -0.970. The zero-order valence-corrected chi connectivity index (χ0v) is 16.5. The topological polar surface area (TPSA) is 55.8 Å². The van der Waals surface area contributed by atoms with Crippen LogP contribution in [0.15, 0.2) is 23.8 Å². The molecule has 0 aromatic heterocycles. The highest BCUT2D eigenvalue weighted by Gasteiger charge is 2.60. The van der Waals surface area contributed by atoms with Crippen molar-refractivity contribution in [1.29, 1.82) is 0 Å². The second kappa shape index (κ2) is 6.02. The number of hydrogen-bond acceptors (Lipinski definition) is 4. The van der Waals surface area contributed by atoms with Gasteiger partial charge in [0, 0.05) is 5.92 Å². The molecule has 0 heterocycles. The highest BCUT2D eigenvalue weighted by Crippen LogP contribution is 2.63. The second-order valence-corrected chi connectivity index (χ2v) is 10.0. The van der Waals surface area contributed by atoms with Crippen LogP contribution in [-0.4, -0.2) is 28.2 Å². The summed E-state index contributed by atoms with van der Waals surface area (Å²) in [5.74, 6) is 1.38. The predicted octanol–water partition coefficient (Wildman–Crippen LogP) is 4.13. The van der Waals surface area contributed by atoms with E-state index in [4.69, 9.17) is 9.78 Å². The summed E-state index contributed by atoms with van der Waals surface area (Å²) < 4.78 is 0. The lowest BCUT2D eigenvalue weighted by Gasteiger charge is -2.56. The Morgan fingerprint density at radius 1 is 1.15 bits per heavy atom. The van der Waals surface area contributed by atoms with Crippen LogP contribution in [-0.2, 0) is 14.6 Å². The zero-order chi connectivity index (χ0) is 18.7. The largest absolute Gasteiger partial charge is 0.393 e. The van der Waals surface area contributed by atoms with E-state index in [-0.39, 0.29) is 17.3 Å². The maximum absolute atomic E-state index is 12.0. The number of rotatable bonds is 2. The zero-order valence-electron chi connectivity index (χ0n) is 16.5. The Balaban J connectivity index is 1.70. The Morgan fingerprint density at radius 3 is 2.65 bits per heavy atom. The average molecular weight is 360 g/mol. The molecule has 0 saturated heterocycles. The van der Waals surface area contributed by atoms with Crippen molar-refractivity contribution in [3.63, 3.8) is 0 Å². The first-order valence-corrected chi connectivity index (χ1v) is 10.1. The number of ketones is 1. The molecule has 4 heteroatoms. The van der Waals surface area contributed by atoms with E-state index < -0.39 is 11.2 Å². The molecule has 2 unspecified atom stereocenters. The average Bonchev–Trinajstić information content (AvgIpc) is 2.88. The molecular formula is C22H32O4. The molecule has 3 saturated carbocycles. The van der Waals surface area contributed by atoms with Crippen molar-refractivity contribution in [2.75, 3.05) is 0 Å². The fourth-order valence-corrected chi connectivity index (χ4v) is 6.13. The molecule has 0 aromatic carbocycles. The van der Waals surface area contributed by atoms with Crippen molar-refractivity contribution in [1.82, 2.24) is 0 Å². The van der Waals surface area contributed by atoms with E-state index in [0.29, 0.717) is 17.8 Å². The van der Waals surface area contributed by atoms with Crippen LogP contribution in [0.3, 0.4) is 0 Å². The van der Waals surface area contributed by atoms with Crippen molar-refractivity contribution in [3.8, 4) is 0 Å². The Bertz CT molecular complexity index is 658. The summed E-state index contributed by atoms with van der Waals surface area (Å²) in [6.07, 6.45) is 11.1. The minimum atomic E-state index is -0.626. The van der Waals surface area contributed by atoms with Crippen LogP contribution in [0.5, 0.6) is 0 Å². The first-order valence-electron chi connectivity index (χ1n) is 10.1. The fourth-order valence-electron chi connectivity index (χ4n) is 6.13. The second-order valence-electron chi connectivity index (χ2n) is 10.0. The van der Waals surface area contributed by atoms with Gasteiger partial charge in [-0.15, -0.1) is 0 Å². The van der Waals surface area contributed by atoms with Gasteiger partial charge in [-0.25, -0.2) is 9.78 Å². The smallest absolute Gasteiger partial charge is 0.178 e. The standard InChI is InChI=1S/C22H32O4/c1-20(2,3)25-26-22-12-9-15(23)13-14(22)5-6-16-17-7-8-19(24)21(17,4)11-10-18(16)22/h9,12-13,16-19,24H,5-8,10-11H2,1-4H3/t16-,17-,18-,19?,21-,22?/m0/s1. The van der Waals surface area contributed by atoms with Gasteiger partial charge >= 0.3 is 0 Å². The van der Waals surface area contributed by atoms with Gasteiger partial charge in [-0.3, -0.25) is 4.79 Å². The molecule has 0 bridgehead atoms. The molecule has 0 aromatic rings. The van der Waals surface area contributed by atoms with Gasteiger partial charge in [0.2, 0.25) is 0 Å². The summed E-state index contributed by atoms with van der Waals surface area (Å²) in [4.78, 5) is 24.0. The van der Waals surface area contributed by atoms with Crippen LogP contribution in [0, 0.1) is 23.2 Å². The van der Waals surface area contributed by atoms with Crippen LogP contribution in [0.1, 0.15) is 66.2 Å². The van der Waals surface area contributed by atoms with Crippen molar-refractivity contribution in [2.45, 2.75) is 83.5 Å². The molecule has 0 aliphatic heterocycles. The number of carbonyl (C=O) groups is 1. The molecular weight excluding hydrogens is 328 g/mol. The molecule has 4 aliphatic rings. The van der Waals surface area contributed by atoms with Crippen molar-refractivity contribution >= 4 is 5.78 Å². The molecule has 3 fully saturated rings. The molecule has 6 atom stereocenters. The van der Waals surface area contributed by atoms with E-state index in [1.165, 1.54) is 0 Å².